The van der Waals surface area contributed by atoms with E-state index in [4.69, 9.17) is 0 Å². The number of nitrogens with one attached hydrogen (secondary N) is 1. The lowest BCUT2D eigenvalue weighted by molar-refractivity contribution is 0.954. The maximum atomic E-state index is 4.34. The minimum atomic E-state index is 0.671. The largest absolute Gasteiger partial charge is 0.378 e. The molecule has 0 radical (unpaired) electrons. The molecule has 88 valence electrons. The zero-order valence-corrected chi connectivity index (χ0v) is 12.4. The summed E-state index contributed by atoms with van der Waals surface area (Å²) < 4.78 is 2.05. The normalized spacial score (nSPS) is 10.3. The molecule has 0 atom stereocenters. The molecule has 1 aromatic heterocycles. The molecule has 3 nitrogen and oxygen atoms in total. The van der Waals surface area contributed by atoms with Crippen molar-refractivity contribution in [1.82, 2.24) is 9.97 Å². The molecule has 0 fully saturated rings. The molecule has 17 heavy (non-hydrogen) atoms. The molecule has 0 aliphatic carbocycles. The Bertz CT molecular complexity index is 509. The molecule has 2 aromatic rings. The zero-order chi connectivity index (χ0) is 12.3. The average molecular weight is 357 g/mol. The lowest BCUT2D eigenvalue weighted by Gasteiger charge is -2.10. The Morgan fingerprint density at radius 3 is 2.53 bits per heavy atom. The van der Waals surface area contributed by atoms with Gasteiger partial charge in [0, 0.05) is 15.1 Å². The van der Waals surface area contributed by atoms with Crippen molar-refractivity contribution in [1.29, 1.82) is 0 Å². The molecule has 1 N–H and O–H groups in total. The quantitative estimate of drug-likeness (QED) is 0.905. The number of aromatic nitrogens is 2. The maximum absolute atomic E-state index is 4.34. The average Bonchev–Trinajstić information content (AvgIpc) is 2.28. The number of benzene rings is 1. The molecular weight excluding hydrogens is 346 g/mol. The van der Waals surface area contributed by atoms with Crippen LogP contribution in [-0.2, 0) is 6.54 Å². The minimum Gasteiger partial charge on any atom is -0.378 e. The van der Waals surface area contributed by atoms with Gasteiger partial charge in [0.05, 0.1) is 17.9 Å². The van der Waals surface area contributed by atoms with Crippen molar-refractivity contribution in [2.24, 2.45) is 0 Å². The number of hydrogen-bond acceptors (Lipinski definition) is 3. The lowest BCUT2D eigenvalue weighted by atomic mass is 10.3. The monoisotopic (exact) mass is 355 g/mol. The van der Waals surface area contributed by atoms with Gasteiger partial charge >= 0.3 is 0 Å². The van der Waals surface area contributed by atoms with Gasteiger partial charge in [0.2, 0.25) is 0 Å². The van der Waals surface area contributed by atoms with E-state index < -0.39 is 0 Å². The van der Waals surface area contributed by atoms with E-state index in [0.717, 1.165) is 26.2 Å². The van der Waals surface area contributed by atoms with Crippen LogP contribution >= 0.6 is 31.9 Å². The van der Waals surface area contributed by atoms with E-state index in [2.05, 4.69) is 47.1 Å². The number of hydrogen-bond donors (Lipinski definition) is 1. The number of para-hydroxylation sites is 1. The van der Waals surface area contributed by atoms with Crippen molar-refractivity contribution in [3.05, 3.63) is 50.9 Å². The standard InChI is InChI=1S/C12H11Br2N3/c1-8-15-6-5-9(17-8)7-16-12-10(13)3-2-4-11(12)14/h2-6,16H,7H2,1H3. The van der Waals surface area contributed by atoms with Crippen molar-refractivity contribution in [3.63, 3.8) is 0 Å². The third kappa shape index (κ3) is 3.26. The molecule has 1 aromatic carbocycles. The van der Waals surface area contributed by atoms with Crippen LogP contribution in [0.1, 0.15) is 11.5 Å². The van der Waals surface area contributed by atoms with Crippen molar-refractivity contribution in [3.8, 4) is 0 Å². The predicted molar refractivity (Wildman–Crippen MR) is 75.9 cm³/mol. The van der Waals surface area contributed by atoms with Crippen molar-refractivity contribution >= 4 is 37.5 Å². The van der Waals surface area contributed by atoms with E-state index in [1.807, 2.05) is 31.2 Å². The Hall–Kier alpha value is -0.940. The van der Waals surface area contributed by atoms with Crippen molar-refractivity contribution in [2.45, 2.75) is 13.5 Å². The minimum absolute atomic E-state index is 0.671. The van der Waals surface area contributed by atoms with Crippen molar-refractivity contribution < 1.29 is 0 Å². The Morgan fingerprint density at radius 2 is 1.88 bits per heavy atom. The SMILES string of the molecule is Cc1nccc(CNc2c(Br)cccc2Br)n1. The van der Waals surface area contributed by atoms with Gasteiger partial charge in [-0.05, 0) is 57.0 Å². The van der Waals surface area contributed by atoms with E-state index in [0.29, 0.717) is 6.54 Å². The highest BCUT2D eigenvalue weighted by molar-refractivity contribution is 9.11. The van der Waals surface area contributed by atoms with Gasteiger partial charge in [-0.15, -0.1) is 0 Å². The topological polar surface area (TPSA) is 37.8 Å². The Balaban J connectivity index is 2.13. The summed E-state index contributed by atoms with van der Waals surface area (Å²) in [5.74, 6) is 0.787. The molecule has 0 bridgehead atoms. The fourth-order valence-electron chi connectivity index (χ4n) is 1.45. The van der Waals surface area contributed by atoms with Gasteiger partial charge in [-0.3, -0.25) is 0 Å². The van der Waals surface area contributed by atoms with Crippen LogP contribution in [-0.4, -0.2) is 9.97 Å². The smallest absolute Gasteiger partial charge is 0.125 e. The summed E-state index contributed by atoms with van der Waals surface area (Å²) in [4.78, 5) is 8.42. The summed E-state index contributed by atoms with van der Waals surface area (Å²) in [6.07, 6.45) is 1.77. The summed E-state index contributed by atoms with van der Waals surface area (Å²) in [5.41, 5.74) is 2.00. The van der Waals surface area contributed by atoms with E-state index in [9.17, 15) is 0 Å². The van der Waals surface area contributed by atoms with Crippen LogP contribution in [0, 0.1) is 6.92 Å². The molecule has 0 spiro atoms. The summed E-state index contributed by atoms with van der Waals surface area (Å²) in [6.45, 7) is 2.56. The highest BCUT2D eigenvalue weighted by atomic mass is 79.9. The van der Waals surface area contributed by atoms with Gasteiger partial charge in [-0.2, -0.15) is 0 Å². The highest BCUT2D eigenvalue weighted by Crippen LogP contribution is 2.30. The maximum Gasteiger partial charge on any atom is 0.125 e. The molecule has 0 amide bonds. The molecule has 0 aliphatic heterocycles. The van der Waals surface area contributed by atoms with E-state index >= 15 is 0 Å². The fraction of sp³-hybridized carbons (Fsp3) is 0.167. The van der Waals surface area contributed by atoms with Gasteiger partial charge in [0.25, 0.3) is 0 Å². The number of anilines is 1. The van der Waals surface area contributed by atoms with Gasteiger partial charge in [-0.25, -0.2) is 9.97 Å². The predicted octanol–water partition coefficient (Wildman–Crippen LogP) is 3.92. The summed E-state index contributed by atoms with van der Waals surface area (Å²) in [5, 5.41) is 3.34. The Labute approximate surface area is 117 Å². The van der Waals surface area contributed by atoms with Crippen LogP contribution in [0.15, 0.2) is 39.4 Å². The zero-order valence-electron chi connectivity index (χ0n) is 9.24. The molecule has 2 rings (SSSR count). The van der Waals surface area contributed by atoms with Gasteiger partial charge in [-0.1, -0.05) is 6.07 Å². The summed E-state index contributed by atoms with van der Waals surface area (Å²) in [6, 6.07) is 7.88. The molecule has 1 heterocycles. The summed E-state index contributed by atoms with van der Waals surface area (Å²) >= 11 is 7.02. The van der Waals surface area contributed by atoms with Crippen molar-refractivity contribution in [2.75, 3.05) is 5.32 Å². The number of halogens is 2. The van der Waals surface area contributed by atoms with Crippen LogP contribution in [0.5, 0.6) is 0 Å². The molecule has 0 saturated heterocycles. The molecule has 0 aliphatic rings. The first-order chi connectivity index (χ1) is 8.16. The van der Waals surface area contributed by atoms with Crippen LogP contribution < -0.4 is 5.32 Å². The first-order valence-electron chi connectivity index (χ1n) is 5.13. The Kier molecular flexibility index (Phi) is 4.12. The third-order valence-corrected chi connectivity index (χ3v) is 3.56. The van der Waals surface area contributed by atoms with Gasteiger partial charge in [0.15, 0.2) is 0 Å². The molecule has 5 heteroatoms. The summed E-state index contributed by atoms with van der Waals surface area (Å²) in [7, 11) is 0. The third-order valence-electron chi connectivity index (χ3n) is 2.24. The highest BCUT2D eigenvalue weighted by Gasteiger charge is 2.04. The van der Waals surface area contributed by atoms with E-state index in [1.165, 1.54) is 0 Å². The van der Waals surface area contributed by atoms with Crippen LogP contribution in [0.25, 0.3) is 0 Å². The second-order valence-corrected chi connectivity index (χ2v) is 5.25. The second-order valence-electron chi connectivity index (χ2n) is 3.55. The van der Waals surface area contributed by atoms with E-state index in [1.54, 1.807) is 6.20 Å². The van der Waals surface area contributed by atoms with Gasteiger partial charge < -0.3 is 5.32 Å². The fourth-order valence-corrected chi connectivity index (χ4v) is 2.73. The number of nitrogens with zero attached hydrogens (tertiary/aromatic N) is 2. The van der Waals surface area contributed by atoms with Crippen LogP contribution in [0.2, 0.25) is 0 Å². The molecular formula is C12H11Br2N3. The molecule has 0 saturated carbocycles. The lowest BCUT2D eigenvalue weighted by Crippen LogP contribution is -2.04. The van der Waals surface area contributed by atoms with E-state index in [-0.39, 0.29) is 0 Å². The van der Waals surface area contributed by atoms with Crippen LogP contribution in [0.3, 0.4) is 0 Å². The van der Waals surface area contributed by atoms with Gasteiger partial charge in [0.1, 0.15) is 5.82 Å². The second kappa shape index (κ2) is 5.60. The van der Waals surface area contributed by atoms with Crippen LogP contribution in [0.4, 0.5) is 5.69 Å². The molecule has 0 unspecified atom stereocenters. The first kappa shape index (κ1) is 12.5. The number of rotatable bonds is 3. The Morgan fingerprint density at radius 1 is 1.18 bits per heavy atom. The number of aryl methyl sites for hydroxylation is 1. The first-order valence-corrected chi connectivity index (χ1v) is 6.72.